The third-order valence-electron chi connectivity index (χ3n) is 5.41. The van der Waals surface area contributed by atoms with Gasteiger partial charge in [0, 0.05) is 37.4 Å². The monoisotopic (exact) mass is 420 g/mol. The van der Waals surface area contributed by atoms with Gasteiger partial charge in [0.2, 0.25) is 0 Å². The van der Waals surface area contributed by atoms with E-state index in [0.717, 1.165) is 54.6 Å². The maximum Gasteiger partial charge on any atom is 0.290 e. The van der Waals surface area contributed by atoms with Gasteiger partial charge in [0.15, 0.2) is 5.58 Å². The fourth-order valence-corrected chi connectivity index (χ4v) is 4.35. The number of furan rings is 1. The van der Waals surface area contributed by atoms with Crippen molar-refractivity contribution in [1.29, 1.82) is 0 Å². The van der Waals surface area contributed by atoms with Gasteiger partial charge in [-0.1, -0.05) is 12.1 Å². The molecule has 2 saturated heterocycles. The number of amides is 2. The van der Waals surface area contributed by atoms with Crippen molar-refractivity contribution in [2.24, 2.45) is 0 Å². The molecule has 152 valence electrons. The van der Waals surface area contributed by atoms with E-state index in [2.05, 4.69) is 51.4 Å². The average molecular weight is 420 g/mol. The van der Waals surface area contributed by atoms with Gasteiger partial charge >= 0.3 is 0 Å². The molecule has 1 aromatic carbocycles. The van der Waals surface area contributed by atoms with Gasteiger partial charge in [-0.2, -0.15) is 0 Å². The van der Waals surface area contributed by atoms with E-state index >= 15 is 0 Å². The Hall–Kier alpha value is -3.10. The third-order valence-corrected chi connectivity index (χ3v) is 6.22. The molecular weight excluding hydrogens is 400 g/mol. The highest BCUT2D eigenvalue weighted by Crippen LogP contribution is 2.32. The maximum atomic E-state index is 11.8. The number of aromatic nitrogens is 1. The molecule has 0 unspecified atom stereocenters. The average Bonchev–Trinajstić information content (AvgIpc) is 3.31. The standard InChI is InChI=1S/C22H20N4O3S/c1-25-8-10-26(11-9-25)16-5-2-14(3-6-16)17-13-29-18-7-4-15(23-20(17)18)12-19-21(27)24-22(28)30-19/h2-7,12-13H,8-11H2,1H3,(H,24,27,28)/b19-12-. The summed E-state index contributed by atoms with van der Waals surface area (Å²) in [4.78, 5) is 32.9. The van der Waals surface area contributed by atoms with Gasteiger partial charge in [-0.15, -0.1) is 0 Å². The molecule has 1 N–H and O–H groups in total. The summed E-state index contributed by atoms with van der Waals surface area (Å²) in [7, 11) is 2.15. The number of benzene rings is 1. The highest BCUT2D eigenvalue weighted by Gasteiger charge is 2.25. The summed E-state index contributed by atoms with van der Waals surface area (Å²) in [6.45, 7) is 4.19. The van der Waals surface area contributed by atoms with Crippen LogP contribution in [-0.2, 0) is 4.79 Å². The number of nitrogens with zero attached hydrogens (tertiary/aromatic N) is 3. The molecule has 4 heterocycles. The molecule has 2 amide bonds. The first-order valence-electron chi connectivity index (χ1n) is 9.74. The number of piperazine rings is 1. The summed E-state index contributed by atoms with van der Waals surface area (Å²) in [5.41, 5.74) is 5.14. The number of carbonyl (C=O) groups is 2. The van der Waals surface area contributed by atoms with Crippen LogP contribution in [0.25, 0.3) is 28.3 Å². The van der Waals surface area contributed by atoms with E-state index < -0.39 is 0 Å². The van der Waals surface area contributed by atoms with Gasteiger partial charge in [0.25, 0.3) is 11.1 Å². The van der Waals surface area contributed by atoms with Crippen LogP contribution in [-0.4, -0.2) is 54.3 Å². The number of anilines is 1. The first kappa shape index (κ1) is 18.9. The minimum Gasteiger partial charge on any atom is -0.462 e. The lowest BCUT2D eigenvalue weighted by molar-refractivity contribution is -0.115. The van der Waals surface area contributed by atoms with Crippen molar-refractivity contribution in [3.63, 3.8) is 0 Å². The summed E-state index contributed by atoms with van der Waals surface area (Å²) >= 11 is 0.882. The summed E-state index contributed by atoms with van der Waals surface area (Å²) in [6.07, 6.45) is 3.33. The summed E-state index contributed by atoms with van der Waals surface area (Å²) in [5, 5.41) is 1.89. The molecule has 2 aliphatic heterocycles. The molecule has 0 spiro atoms. The van der Waals surface area contributed by atoms with Crippen LogP contribution in [0, 0.1) is 0 Å². The Morgan fingerprint density at radius 1 is 1.07 bits per heavy atom. The Balaban J connectivity index is 1.44. The molecule has 5 rings (SSSR count). The number of rotatable bonds is 3. The molecule has 0 bridgehead atoms. The fourth-order valence-electron chi connectivity index (χ4n) is 3.68. The number of nitrogens with one attached hydrogen (secondary N) is 1. The molecule has 0 saturated carbocycles. The van der Waals surface area contributed by atoms with Crippen molar-refractivity contribution in [1.82, 2.24) is 15.2 Å². The number of hydrogen-bond acceptors (Lipinski definition) is 7. The highest BCUT2D eigenvalue weighted by atomic mass is 32.2. The molecule has 2 aliphatic rings. The van der Waals surface area contributed by atoms with Gasteiger partial charge in [0.1, 0.15) is 11.8 Å². The van der Waals surface area contributed by atoms with Crippen LogP contribution < -0.4 is 10.2 Å². The molecule has 30 heavy (non-hydrogen) atoms. The van der Waals surface area contributed by atoms with E-state index in [1.54, 1.807) is 18.4 Å². The van der Waals surface area contributed by atoms with Crippen molar-refractivity contribution in [2.75, 3.05) is 38.1 Å². The van der Waals surface area contributed by atoms with Gasteiger partial charge < -0.3 is 14.2 Å². The molecule has 8 heteroatoms. The molecule has 0 atom stereocenters. The zero-order chi connectivity index (χ0) is 20.7. The third kappa shape index (κ3) is 3.59. The number of carbonyl (C=O) groups excluding carboxylic acids is 2. The first-order chi connectivity index (χ1) is 14.6. The Morgan fingerprint density at radius 3 is 2.53 bits per heavy atom. The fraction of sp³-hybridized carbons (Fsp3) is 0.227. The van der Waals surface area contributed by atoms with Crippen molar-refractivity contribution >= 4 is 45.8 Å². The number of likely N-dealkylation sites (N-methyl/N-ethyl adjacent to an activating group) is 1. The number of thioether (sulfide) groups is 1. The zero-order valence-corrected chi connectivity index (χ0v) is 17.2. The normalized spacial score (nSPS) is 19.1. The van der Waals surface area contributed by atoms with Crippen LogP contribution in [0.2, 0.25) is 0 Å². The Bertz CT molecular complexity index is 1160. The van der Waals surface area contributed by atoms with Crippen LogP contribution in [0.1, 0.15) is 5.69 Å². The molecule has 3 aromatic rings. The van der Waals surface area contributed by atoms with Gasteiger partial charge in [-0.3, -0.25) is 14.9 Å². The predicted molar refractivity (Wildman–Crippen MR) is 118 cm³/mol. The second-order valence-electron chi connectivity index (χ2n) is 7.42. The summed E-state index contributed by atoms with van der Waals surface area (Å²) in [5.74, 6) is -0.390. The lowest BCUT2D eigenvalue weighted by Crippen LogP contribution is -2.44. The molecular formula is C22H20N4O3S. The molecule has 0 radical (unpaired) electrons. The van der Waals surface area contributed by atoms with Crippen molar-refractivity contribution in [2.45, 2.75) is 0 Å². The number of hydrogen-bond donors (Lipinski definition) is 1. The second kappa shape index (κ2) is 7.62. The van der Waals surface area contributed by atoms with E-state index in [0.29, 0.717) is 16.2 Å². The first-order valence-corrected chi connectivity index (χ1v) is 10.6. The number of imide groups is 1. The van der Waals surface area contributed by atoms with E-state index in [1.165, 1.54) is 5.69 Å². The lowest BCUT2D eigenvalue weighted by atomic mass is 10.1. The largest absolute Gasteiger partial charge is 0.462 e. The SMILES string of the molecule is CN1CCN(c2ccc(-c3coc4ccc(/C=C5\SC(=O)NC5=O)nc34)cc2)CC1. The van der Waals surface area contributed by atoms with E-state index in [1.807, 2.05) is 6.07 Å². The molecule has 2 fully saturated rings. The Morgan fingerprint density at radius 2 is 1.83 bits per heavy atom. The van der Waals surface area contributed by atoms with Crippen molar-refractivity contribution in [3.05, 3.63) is 53.3 Å². The smallest absolute Gasteiger partial charge is 0.290 e. The number of fused-ring (bicyclic) bond motifs is 1. The maximum absolute atomic E-state index is 11.8. The zero-order valence-electron chi connectivity index (χ0n) is 16.4. The quantitative estimate of drug-likeness (QED) is 0.649. The van der Waals surface area contributed by atoms with Gasteiger partial charge in [-0.25, -0.2) is 4.98 Å². The minimum atomic E-state index is -0.390. The molecule has 7 nitrogen and oxygen atoms in total. The molecule has 2 aromatic heterocycles. The Kier molecular flexibility index (Phi) is 4.80. The van der Waals surface area contributed by atoms with E-state index in [-0.39, 0.29) is 11.1 Å². The van der Waals surface area contributed by atoms with Gasteiger partial charge in [0.05, 0.1) is 10.6 Å². The van der Waals surface area contributed by atoms with Crippen LogP contribution in [0.15, 0.2) is 52.0 Å². The van der Waals surface area contributed by atoms with Crippen molar-refractivity contribution < 1.29 is 14.0 Å². The molecule has 0 aliphatic carbocycles. The second-order valence-corrected chi connectivity index (χ2v) is 8.44. The lowest BCUT2D eigenvalue weighted by Gasteiger charge is -2.34. The summed E-state index contributed by atoms with van der Waals surface area (Å²) in [6, 6.07) is 12.0. The number of pyridine rings is 1. The highest BCUT2D eigenvalue weighted by molar-refractivity contribution is 8.18. The van der Waals surface area contributed by atoms with Crippen LogP contribution >= 0.6 is 11.8 Å². The van der Waals surface area contributed by atoms with Gasteiger partial charge in [-0.05, 0) is 54.7 Å². The minimum absolute atomic E-state index is 0.341. The Labute approximate surface area is 177 Å². The van der Waals surface area contributed by atoms with E-state index in [9.17, 15) is 9.59 Å². The van der Waals surface area contributed by atoms with Crippen LogP contribution in [0.4, 0.5) is 10.5 Å². The van der Waals surface area contributed by atoms with Crippen LogP contribution in [0.5, 0.6) is 0 Å². The summed E-state index contributed by atoms with van der Waals surface area (Å²) < 4.78 is 5.69. The van der Waals surface area contributed by atoms with E-state index in [4.69, 9.17) is 4.42 Å². The van der Waals surface area contributed by atoms with Crippen LogP contribution in [0.3, 0.4) is 0 Å². The topological polar surface area (TPSA) is 78.7 Å². The predicted octanol–water partition coefficient (Wildman–Crippen LogP) is 3.57. The van der Waals surface area contributed by atoms with Crippen molar-refractivity contribution in [3.8, 4) is 11.1 Å².